The van der Waals surface area contributed by atoms with Crippen molar-refractivity contribution in [2.45, 2.75) is 6.42 Å². The quantitative estimate of drug-likeness (QED) is 0.357. The maximum absolute atomic E-state index is 11.4. The van der Waals surface area contributed by atoms with Crippen LogP contribution in [0.5, 0.6) is 0 Å². The van der Waals surface area contributed by atoms with Crippen LogP contribution < -0.4 is 5.84 Å². The van der Waals surface area contributed by atoms with Gasteiger partial charge in [-0.1, -0.05) is 30.3 Å². The van der Waals surface area contributed by atoms with Crippen molar-refractivity contribution < 1.29 is 9.59 Å². The number of carbonyl (C=O) groups is 2. The molecule has 0 bridgehead atoms. The molecule has 0 atom stereocenters. The van der Waals surface area contributed by atoms with Crippen LogP contribution in [0.1, 0.15) is 5.56 Å². The van der Waals surface area contributed by atoms with E-state index in [4.69, 9.17) is 17.4 Å². The van der Waals surface area contributed by atoms with Crippen LogP contribution in [0.3, 0.4) is 0 Å². The lowest BCUT2D eigenvalue weighted by atomic mass is 10.1. The minimum Gasteiger partial charge on any atom is -0.273 e. The second kappa shape index (κ2) is 5.48. The third kappa shape index (κ3) is 3.34. The molecule has 0 saturated heterocycles. The summed E-state index contributed by atoms with van der Waals surface area (Å²) in [6.07, 6.45) is 0.0972. The number of carbonyl (C=O) groups excluding carboxylic acids is 2. The minimum absolute atomic E-state index is 0.0972. The fourth-order valence-electron chi connectivity index (χ4n) is 1.06. The summed E-state index contributed by atoms with van der Waals surface area (Å²) in [5.74, 6) is 3.91. The van der Waals surface area contributed by atoms with Crippen molar-refractivity contribution in [1.29, 1.82) is 0 Å². The fourth-order valence-corrected chi connectivity index (χ4v) is 1.19. The van der Waals surface area contributed by atoms with E-state index in [9.17, 15) is 9.59 Å². The number of hydrogen-bond donors (Lipinski definition) is 1. The third-order valence-electron chi connectivity index (χ3n) is 1.85. The largest absolute Gasteiger partial charge is 0.273 e. The highest BCUT2D eigenvalue weighted by Gasteiger charge is 2.16. The summed E-state index contributed by atoms with van der Waals surface area (Å²) >= 11 is 5.27. The molecule has 0 heterocycles. The number of imide groups is 1. The molecule has 2 amide bonds. The summed E-state index contributed by atoms with van der Waals surface area (Å²) < 4.78 is 0. The van der Waals surface area contributed by atoms with Gasteiger partial charge in [0.2, 0.25) is 5.91 Å². The first-order valence-electron chi connectivity index (χ1n) is 4.35. The number of hydrazine groups is 1. The van der Waals surface area contributed by atoms with Crippen molar-refractivity contribution in [2.24, 2.45) is 5.84 Å². The van der Waals surface area contributed by atoms with Gasteiger partial charge in [-0.25, -0.2) is 10.9 Å². The van der Waals surface area contributed by atoms with E-state index in [1.165, 1.54) is 0 Å². The van der Waals surface area contributed by atoms with Crippen molar-refractivity contribution in [3.63, 3.8) is 0 Å². The molecule has 0 unspecified atom stereocenters. The lowest BCUT2D eigenvalue weighted by molar-refractivity contribution is -0.143. The van der Waals surface area contributed by atoms with E-state index in [1.807, 2.05) is 18.2 Å². The second-order valence-corrected chi connectivity index (χ2v) is 3.22. The highest BCUT2D eigenvalue weighted by atomic mass is 35.5. The summed E-state index contributed by atoms with van der Waals surface area (Å²) in [6.45, 7) is 0. The van der Waals surface area contributed by atoms with Crippen LogP contribution in [0, 0.1) is 0 Å². The molecule has 2 N–H and O–H groups in total. The highest BCUT2D eigenvalue weighted by molar-refractivity contribution is 6.28. The maximum Gasteiger partial charge on any atom is 0.258 e. The average Bonchev–Trinajstić information content (AvgIpc) is 2.28. The average molecular weight is 227 g/mol. The van der Waals surface area contributed by atoms with Gasteiger partial charge in [-0.2, -0.15) is 0 Å². The molecule has 4 nitrogen and oxygen atoms in total. The normalized spacial score (nSPS) is 9.73. The van der Waals surface area contributed by atoms with Gasteiger partial charge in [0.25, 0.3) is 5.91 Å². The minimum atomic E-state index is -0.599. The Bertz CT molecular complexity index is 354. The first kappa shape index (κ1) is 11.7. The Morgan fingerprint density at radius 1 is 1.20 bits per heavy atom. The maximum atomic E-state index is 11.4. The van der Waals surface area contributed by atoms with Crippen LogP contribution in [0.25, 0.3) is 0 Å². The molecule has 0 aliphatic rings. The van der Waals surface area contributed by atoms with Crippen LogP contribution >= 0.6 is 11.6 Å². The Morgan fingerprint density at radius 3 is 2.33 bits per heavy atom. The van der Waals surface area contributed by atoms with Gasteiger partial charge in [-0.05, 0) is 5.56 Å². The van der Waals surface area contributed by atoms with Gasteiger partial charge in [0.05, 0.1) is 6.42 Å². The van der Waals surface area contributed by atoms with E-state index in [-0.39, 0.29) is 12.3 Å². The van der Waals surface area contributed by atoms with E-state index >= 15 is 0 Å². The summed E-state index contributed by atoms with van der Waals surface area (Å²) in [5, 5.41) is 0.556. The summed E-state index contributed by atoms with van der Waals surface area (Å²) in [5.41, 5.74) is 0.806. The highest BCUT2D eigenvalue weighted by Crippen LogP contribution is 2.01. The van der Waals surface area contributed by atoms with Gasteiger partial charge < -0.3 is 0 Å². The number of hydrogen-bond acceptors (Lipinski definition) is 3. The van der Waals surface area contributed by atoms with Gasteiger partial charge in [0, 0.05) is 0 Å². The van der Waals surface area contributed by atoms with Gasteiger partial charge in [0.15, 0.2) is 0 Å². The van der Waals surface area contributed by atoms with Crippen LogP contribution in [0.4, 0.5) is 0 Å². The molecular weight excluding hydrogens is 216 g/mol. The smallest absolute Gasteiger partial charge is 0.258 e. The number of nitrogens with two attached hydrogens (primary N) is 1. The Labute approximate surface area is 92.6 Å². The van der Waals surface area contributed by atoms with Crippen molar-refractivity contribution >= 4 is 23.4 Å². The SMILES string of the molecule is NN(C(=O)CCl)C(=O)Cc1ccccc1. The molecule has 0 aliphatic carbocycles. The van der Waals surface area contributed by atoms with E-state index in [1.54, 1.807) is 12.1 Å². The predicted octanol–water partition coefficient (Wildman–Crippen LogP) is 0.697. The van der Waals surface area contributed by atoms with Gasteiger partial charge in [0.1, 0.15) is 5.88 Å². The Kier molecular flexibility index (Phi) is 4.27. The van der Waals surface area contributed by atoms with E-state index in [0.29, 0.717) is 5.01 Å². The van der Waals surface area contributed by atoms with Crippen molar-refractivity contribution in [3.05, 3.63) is 35.9 Å². The standard InChI is InChI=1S/C10H11ClN2O2/c11-7-10(15)13(12)9(14)6-8-4-2-1-3-5-8/h1-5H,6-7,12H2. The van der Waals surface area contributed by atoms with Crippen molar-refractivity contribution in [2.75, 3.05) is 5.88 Å². The van der Waals surface area contributed by atoms with E-state index < -0.39 is 11.8 Å². The summed E-state index contributed by atoms with van der Waals surface area (Å²) in [7, 11) is 0. The number of alkyl halides is 1. The lowest BCUT2D eigenvalue weighted by Crippen LogP contribution is -2.44. The van der Waals surface area contributed by atoms with Crippen LogP contribution in [-0.2, 0) is 16.0 Å². The first-order valence-corrected chi connectivity index (χ1v) is 4.89. The van der Waals surface area contributed by atoms with Crippen LogP contribution in [-0.4, -0.2) is 22.7 Å². The Balaban J connectivity index is 2.60. The molecule has 1 aromatic carbocycles. The molecule has 0 radical (unpaired) electrons. The Hall–Kier alpha value is -1.39. The molecule has 1 rings (SSSR count). The number of amides is 2. The first-order chi connectivity index (χ1) is 7.15. The molecule has 1 aromatic rings. The lowest BCUT2D eigenvalue weighted by Gasteiger charge is -2.12. The fraction of sp³-hybridized carbons (Fsp3) is 0.200. The second-order valence-electron chi connectivity index (χ2n) is 2.95. The Morgan fingerprint density at radius 2 is 1.80 bits per heavy atom. The number of rotatable bonds is 3. The molecule has 5 heteroatoms. The van der Waals surface area contributed by atoms with E-state index in [2.05, 4.69) is 0 Å². The number of halogens is 1. The van der Waals surface area contributed by atoms with Crippen LogP contribution in [0.2, 0.25) is 0 Å². The topological polar surface area (TPSA) is 63.4 Å². The summed E-state index contributed by atoms with van der Waals surface area (Å²) in [4.78, 5) is 22.4. The molecule has 0 aliphatic heterocycles. The monoisotopic (exact) mass is 226 g/mol. The van der Waals surface area contributed by atoms with Crippen LogP contribution in [0.15, 0.2) is 30.3 Å². The number of nitrogens with zero attached hydrogens (tertiary/aromatic N) is 1. The molecule has 0 fully saturated rings. The molecule has 0 saturated carbocycles. The zero-order chi connectivity index (χ0) is 11.3. The van der Waals surface area contributed by atoms with Crippen molar-refractivity contribution in [3.8, 4) is 0 Å². The molecule has 80 valence electrons. The molecule has 0 spiro atoms. The predicted molar refractivity (Wildman–Crippen MR) is 56.9 cm³/mol. The van der Waals surface area contributed by atoms with Gasteiger partial charge in [-0.3, -0.25) is 9.59 Å². The van der Waals surface area contributed by atoms with Gasteiger partial charge >= 0.3 is 0 Å². The molecular formula is C10H11ClN2O2. The van der Waals surface area contributed by atoms with Gasteiger partial charge in [-0.15, -0.1) is 11.6 Å². The van der Waals surface area contributed by atoms with E-state index in [0.717, 1.165) is 5.56 Å². The zero-order valence-corrected chi connectivity index (χ0v) is 8.78. The molecule has 15 heavy (non-hydrogen) atoms. The number of benzene rings is 1. The third-order valence-corrected chi connectivity index (χ3v) is 2.08. The van der Waals surface area contributed by atoms with Crippen molar-refractivity contribution in [1.82, 2.24) is 5.01 Å². The summed E-state index contributed by atoms with van der Waals surface area (Å²) in [6, 6.07) is 9.05. The molecule has 0 aromatic heterocycles. The zero-order valence-electron chi connectivity index (χ0n) is 8.02.